The molecule has 1 aliphatic rings. The maximum absolute atomic E-state index is 5.98. The molecule has 1 saturated carbocycles. The van der Waals surface area contributed by atoms with Gasteiger partial charge in [0.05, 0.1) is 5.02 Å². The van der Waals surface area contributed by atoms with Crippen LogP contribution in [0.15, 0.2) is 18.5 Å². The summed E-state index contributed by atoms with van der Waals surface area (Å²) < 4.78 is 0. The van der Waals surface area contributed by atoms with E-state index < -0.39 is 0 Å². The predicted octanol–water partition coefficient (Wildman–Crippen LogP) is 1.80. The summed E-state index contributed by atoms with van der Waals surface area (Å²) >= 11 is 5.98. The number of pyridine rings is 1. The Labute approximate surface area is 76.7 Å². The number of rotatable bonds is 2. The van der Waals surface area contributed by atoms with Gasteiger partial charge in [0.1, 0.15) is 0 Å². The summed E-state index contributed by atoms with van der Waals surface area (Å²) in [5.74, 6) is 1.23. The van der Waals surface area contributed by atoms with Gasteiger partial charge in [-0.2, -0.15) is 0 Å². The third-order valence-electron chi connectivity index (χ3n) is 2.43. The molecule has 0 spiro atoms. The third kappa shape index (κ3) is 1.32. The van der Waals surface area contributed by atoms with Crippen LogP contribution >= 0.6 is 11.6 Å². The van der Waals surface area contributed by atoms with E-state index >= 15 is 0 Å². The fourth-order valence-electron chi connectivity index (χ4n) is 1.58. The van der Waals surface area contributed by atoms with Gasteiger partial charge in [-0.15, -0.1) is 0 Å². The van der Waals surface area contributed by atoms with Gasteiger partial charge in [-0.25, -0.2) is 0 Å². The first-order valence-electron chi connectivity index (χ1n) is 4.12. The molecule has 1 aromatic heterocycles. The highest BCUT2D eigenvalue weighted by Gasteiger charge is 2.37. The summed E-state index contributed by atoms with van der Waals surface area (Å²) in [7, 11) is 0. The lowest BCUT2D eigenvalue weighted by Crippen LogP contribution is -2.02. The molecule has 2 rings (SSSR count). The van der Waals surface area contributed by atoms with Gasteiger partial charge in [0.15, 0.2) is 0 Å². The zero-order chi connectivity index (χ0) is 8.55. The van der Waals surface area contributed by atoms with Gasteiger partial charge in [-0.05, 0) is 36.4 Å². The van der Waals surface area contributed by atoms with Gasteiger partial charge in [0.2, 0.25) is 0 Å². The maximum atomic E-state index is 5.98. The molecular weight excluding hydrogens is 172 g/mol. The fraction of sp³-hybridized carbons (Fsp3) is 0.444. The van der Waals surface area contributed by atoms with Gasteiger partial charge in [-0.3, -0.25) is 4.98 Å². The minimum Gasteiger partial charge on any atom is -0.330 e. The van der Waals surface area contributed by atoms with E-state index in [9.17, 15) is 0 Å². The average molecular weight is 183 g/mol. The molecule has 3 heteroatoms. The van der Waals surface area contributed by atoms with Crippen LogP contribution in [0.5, 0.6) is 0 Å². The van der Waals surface area contributed by atoms with E-state index in [0.717, 1.165) is 11.6 Å². The molecule has 0 unspecified atom stereocenters. The summed E-state index contributed by atoms with van der Waals surface area (Å²) in [6, 6.07) is 1.99. The summed E-state index contributed by atoms with van der Waals surface area (Å²) in [6.45, 7) is 0.767. The van der Waals surface area contributed by atoms with Crippen molar-refractivity contribution in [2.75, 3.05) is 6.54 Å². The van der Waals surface area contributed by atoms with Crippen molar-refractivity contribution < 1.29 is 0 Å². The van der Waals surface area contributed by atoms with E-state index in [1.165, 1.54) is 12.0 Å². The van der Waals surface area contributed by atoms with Crippen LogP contribution in [0.4, 0.5) is 0 Å². The lowest BCUT2D eigenvalue weighted by atomic mass is 10.1. The first-order valence-corrected chi connectivity index (χ1v) is 4.50. The Hall–Kier alpha value is -0.600. The number of hydrogen-bond donors (Lipinski definition) is 1. The second-order valence-electron chi connectivity index (χ2n) is 3.24. The molecule has 0 aromatic carbocycles. The van der Waals surface area contributed by atoms with Crippen LogP contribution in [-0.4, -0.2) is 11.5 Å². The van der Waals surface area contributed by atoms with E-state index in [-0.39, 0.29) is 0 Å². The Balaban J connectivity index is 2.19. The van der Waals surface area contributed by atoms with Crippen LogP contribution in [-0.2, 0) is 0 Å². The van der Waals surface area contributed by atoms with Crippen molar-refractivity contribution in [1.29, 1.82) is 0 Å². The Bertz CT molecular complexity index is 288. The van der Waals surface area contributed by atoms with Crippen molar-refractivity contribution in [2.45, 2.75) is 12.3 Å². The quantitative estimate of drug-likeness (QED) is 0.758. The van der Waals surface area contributed by atoms with Crippen molar-refractivity contribution in [2.24, 2.45) is 11.7 Å². The van der Waals surface area contributed by atoms with Crippen LogP contribution in [0.1, 0.15) is 17.9 Å². The zero-order valence-corrected chi connectivity index (χ0v) is 7.46. The standard InChI is InChI=1S/C9H11ClN2/c10-9-5-12-2-1-7(9)8-3-6(8)4-11/h1-2,5-6,8H,3-4,11H2/t6-,8+/m0/s1. The maximum Gasteiger partial charge on any atom is 0.0624 e. The lowest BCUT2D eigenvalue weighted by molar-refractivity contribution is 0.809. The molecule has 0 amide bonds. The van der Waals surface area contributed by atoms with Crippen LogP contribution in [0.3, 0.4) is 0 Å². The largest absolute Gasteiger partial charge is 0.330 e. The van der Waals surface area contributed by atoms with Crippen molar-refractivity contribution >= 4 is 11.6 Å². The Kier molecular flexibility index (Phi) is 2.03. The zero-order valence-electron chi connectivity index (χ0n) is 6.70. The van der Waals surface area contributed by atoms with E-state index in [2.05, 4.69) is 4.98 Å². The molecule has 2 N–H and O–H groups in total. The lowest BCUT2D eigenvalue weighted by Gasteiger charge is -2.00. The third-order valence-corrected chi connectivity index (χ3v) is 2.74. The number of nitrogens with two attached hydrogens (primary N) is 1. The normalized spacial score (nSPS) is 27.2. The molecule has 1 aromatic rings. The highest BCUT2D eigenvalue weighted by Crippen LogP contribution is 2.48. The Morgan fingerprint density at radius 3 is 3.08 bits per heavy atom. The van der Waals surface area contributed by atoms with Crippen molar-refractivity contribution in [3.05, 3.63) is 29.0 Å². The number of aromatic nitrogens is 1. The Morgan fingerprint density at radius 2 is 2.50 bits per heavy atom. The van der Waals surface area contributed by atoms with Gasteiger partial charge < -0.3 is 5.73 Å². The first kappa shape index (κ1) is 8.02. The van der Waals surface area contributed by atoms with E-state index in [1.54, 1.807) is 12.4 Å². The number of nitrogens with zero attached hydrogens (tertiary/aromatic N) is 1. The smallest absolute Gasteiger partial charge is 0.0624 e. The molecule has 2 atom stereocenters. The topological polar surface area (TPSA) is 38.9 Å². The van der Waals surface area contributed by atoms with Gasteiger partial charge in [0.25, 0.3) is 0 Å². The van der Waals surface area contributed by atoms with Crippen LogP contribution in [0, 0.1) is 5.92 Å². The van der Waals surface area contributed by atoms with Crippen LogP contribution in [0.25, 0.3) is 0 Å². The molecule has 1 fully saturated rings. The van der Waals surface area contributed by atoms with Crippen LogP contribution in [0.2, 0.25) is 5.02 Å². The van der Waals surface area contributed by atoms with Crippen molar-refractivity contribution in [3.63, 3.8) is 0 Å². The predicted molar refractivity (Wildman–Crippen MR) is 49.1 cm³/mol. The Morgan fingerprint density at radius 1 is 1.67 bits per heavy atom. The fourth-order valence-corrected chi connectivity index (χ4v) is 1.84. The summed E-state index contributed by atoms with van der Waals surface area (Å²) in [4.78, 5) is 3.94. The average Bonchev–Trinajstić information content (AvgIpc) is 2.84. The molecule has 2 nitrogen and oxygen atoms in total. The molecule has 0 radical (unpaired) electrons. The summed E-state index contributed by atoms with van der Waals surface area (Å²) in [5, 5.41) is 0.776. The minimum atomic E-state index is 0.588. The van der Waals surface area contributed by atoms with Crippen LogP contribution < -0.4 is 5.73 Å². The molecule has 0 saturated heterocycles. The highest BCUT2D eigenvalue weighted by molar-refractivity contribution is 6.31. The summed E-state index contributed by atoms with van der Waals surface area (Å²) in [6.07, 6.45) is 4.66. The van der Waals surface area contributed by atoms with E-state index in [1.807, 2.05) is 6.07 Å². The molecule has 1 heterocycles. The molecule has 0 aliphatic heterocycles. The second-order valence-corrected chi connectivity index (χ2v) is 3.64. The molecule has 1 aliphatic carbocycles. The number of hydrogen-bond acceptors (Lipinski definition) is 2. The highest BCUT2D eigenvalue weighted by atomic mass is 35.5. The minimum absolute atomic E-state index is 0.588. The van der Waals surface area contributed by atoms with E-state index in [4.69, 9.17) is 17.3 Å². The van der Waals surface area contributed by atoms with Gasteiger partial charge in [-0.1, -0.05) is 11.6 Å². The SMILES string of the molecule is NC[C@@H]1C[C@H]1c1ccncc1Cl. The summed E-state index contributed by atoms with van der Waals surface area (Å²) in [5.41, 5.74) is 6.76. The van der Waals surface area contributed by atoms with Gasteiger partial charge in [0, 0.05) is 12.4 Å². The monoisotopic (exact) mass is 182 g/mol. The van der Waals surface area contributed by atoms with Crippen molar-refractivity contribution in [1.82, 2.24) is 4.98 Å². The van der Waals surface area contributed by atoms with Gasteiger partial charge >= 0.3 is 0 Å². The molecule has 0 bridgehead atoms. The second kappa shape index (κ2) is 3.04. The number of halogens is 1. The van der Waals surface area contributed by atoms with E-state index in [0.29, 0.717) is 11.8 Å². The molecule has 64 valence electrons. The molecule has 12 heavy (non-hydrogen) atoms. The molecular formula is C9H11ClN2. The first-order chi connectivity index (χ1) is 5.83. The van der Waals surface area contributed by atoms with Crippen molar-refractivity contribution in [3.8, 4) is 0 Å².